The number of aliphatic hydroxyl groups excluding tert-OH is 1. The number of aromatic amines is 1. The van der Waals surface area contributed by atoms with Crippen LogP contribution in [0.15, 0.2) is 41.5 Å². The first-order valence-corrected chi connectivity index (χ1v) is 15.3. The number of nitrogens with two attached hydrogens (primary N) is 1. The highest BCUT2D eigenvalue weighted by molar-refractivity contribution is 7.52. The van der Waals surface area contributed by atoms with Crippen LogP contribution in [-0.2, 0) is 23.4 Å². The number of rotatable bonds is 10. The van der Waals surface area contributed by atoms with Gasteiger partial charge in [-0.3, -0.25) is 23.7 Å². The molecule has 2 aromatic heterocycles. The highest BCUT2D eigenvalue weighted by atomic mass is 31.2. The van der Waals surface area contributed by atoms with Gasteiger partial charge in [-0.15, -0.1) is 0 Å². The van der Waals surface area contributed by atoms with Gasteiger partial charge in [-0.2, -0.15) is 10.1 Å². The van der Waals surface area contributed by atoms with Gasteiger partial charge in [0.2, 0.25) is 5.95 Å². The Morgan fingerprint density at radius 2 is 2.02 bits per heavy atom. The molecule has 234 valence electrons. The summed E-state index contributed by atoms with van der Waals surface area (Å²) in [6, 6.07) is 6.65. The second-order valence-electron chi connectivity index (χ2n) is 10.9. The molecule has 1 aliphatic carbocycles. The Balaban J connectivity index is 1.36. The van der Waals surface area contributed by atoms with E-state index in [2.05, 4.69) is 20.0 Å². The number of carbonyl (C=O) groups is 1. The number of hydrogen-bond donors (Lipinski definition) is 5. The number of nitrogens with one attached hydrogen (secondary N) is 2. The zero-order chi connectivity index (χ0) is 31.0. The minimum Gasteiger partial charge on any atom is -0.461 e. The predicted molar refractivity (Wildman–Crippen MR) is 149 cm³/mol. The van der Waals surface area contributed by atoms with Crippen LogP contribution in [0.4, 0.5) is 10.3 Å². The first-order chi connectivity index (χ1) is 20.3. The number of nitrogen functional groups attached to an aromatic ring is 1. The van der Waals surface area contributed by atoms with E-state index in [1.807, 2.05) is 0 Å². The number of carbonyl (C=O) groups excluding carboxylic acids is 1. The van der Waals surface area contributed by atoms with Crippen molar-refractivity contribution < 1.29 is 42.5 Å². The largest absolute Gasteiger partial charge is 0.461 e. The summed E-state index contributed by atoms with van der Waals surface area (Å²) in [7, 11) is -4.56. The van der Waals surface area contributed by atoms with Crippen LogP contribution >= 0.6 is 7.75 Å². The molecule has 3 heterocycles. The van der Waals surface area contributed by atoms with Gasteiger partial charge in [0.1, 0.15) is 36.2 Å². The Bertz CT molecular complexity index is 1560. The number of imidazole rings is 1. The number of anilines is 1. The van der Waals surface area contributed by atoms with Crippen molar-refractivity contribution in [3.63, 3.8) is 0 Å². The van der Waals surface area contributed by atoms with Crippen LogP contribution < -0.4 is 20.9 Å². The van der Waals surface area contributed by atoms with Gasteiger partial charge in [0.25, 0.3) is 11.4 Å². The summed E-state index contributed by atoms with van der Waals surface area (Å²) in [5.74, 6) is -4.05. The van der Waals surface area contributed by atoms with Gasteiger partial charge in [-0.1, -0.05) is 24.6 Å². The van der Waals surface area contributed by atoms with E-state index in [4.69, 9.17) is 24.3 Å². The zero-order valence-electron chi connectivity index (χ0n) is 23.5. The summed E-state index contributed by atoms with van der Waals surface area (Å²) in [4.78, 5) is 35.2. The molecular formula is C26H34FN6O9P. The molecule has 1 aromatic carbocycles. The number of nitrogens with zero attached hydrogens (tertiary/aromatic N) is 3. The molecule has 5 rings (SSSR count). The SMILES string of the molecule is CC(NP(=O)(OCC1(F)OC(n2cnc3c(=O)[nH]c(N)nc32)C(C)(O)C1O)Oc1ccccc1)C(=O)OC1CCCCC1. The number of halogens is 1. The molecule has 6 unspecified atom stereocenters. The lowest BCUT2D eigenvalue weighted by Crippen LogP contribution is -2.49. The number of para-hydroxylation sites is 1. The van der Waals surface area contributed by atoms with Crippen molar-refractivity contribution in [3.05, 3.63) is 47.0 Å². The minimum atomic E-state index is -4.56. The third-order valence-electron chi connectivity index (χ3n) is 7.41. The van der Waals surface area contributed by atoms with Gasteiger partial charge in [0.05, 0.1) is 6.33 Å². The van der Waals surface area contributed by atoms with Crippen LogP contribution in [0.2, 0.25) is 0 Å². The maximum absolute atomic E-state index is 16.3. The normalized spacial score (nSPS) is 28.4. The molecule has 1 saturated carbocycles. The number of benzene rings is 1. The van der Waals surface area contributed by atoms with Crippen LogP contribution in [-0.4, -0.2) is 72.0 Å². The summed E-state index contributed by atoms with van der Waals surface area (Å²) in [6.07, 6.45) is 1.21. The van der Waals surface area contributed by atoms with E-state index in [0.29, 0.717) is 0 Å². The minimum absolute atomic E-state index is 0.0793. The summed E-state index contributed by atoms with van der Waals surface area (Å²) >= 11 is 0. The van der Waals surface area contributed by atoms with Gasteiger partial charge in [-0.25, -0.2) is 13.9 Å². The average molecular weight is 625 g/mol. The van der Waals surface area contributed by atoms with E-state index in [1.54, 1.807) is 18.2 Å². The van der Waals surface area contributed by atoms with Crippen LogP contribution in [0, 0.1) is 0 Å². The van der Waals surface area contributed by atoms with E-state index in [9.17, 15) is 24.4 Å². The van der Waals surface area contributed by atoms with Gasteiger partial charge in [-0.05, 0) is 51.7 Å². The standard InChI is InChI=1S/C26H34FN6O9P/c1-15(21(35)40-16-9-5-3-6-10-16)32-43(38,42-17-11-7-4-8-12-17)39-13-26(27)22(36)25(2,37)23(41-26)33-14-29-18-19(33)30-24(28)31-20(18)34/h4,7-8,11-12,14-16,22-23,36-37H,3,5-6,9-10,13H2,1-2H3,(H,32,38)(H3,28,30,31,34). The number of hydrogen-bond acceptors (Lipinski definition) is 12. The fourth-order valence-electron chi connectivity index (χ4n) is 5.13. The third kappa shape index (κ3) is 6.44. The molecule has 0 bridgehead atoms. The van der Waals surface area contributed by atoms with Crippen molar-refractivity contribution in [2.75, 3.05) is 12.3 Å². The number of esters is 1. The number of alkyl halides is 1. The van der Waals surface area contributed by atoms with Crippen molar-refractivity contribution in [2.24, 2.45) is 0 Å². The van der Waals surface area contributed by atoms with Crippen LogP contribution in [0.1, 0.15) is 52.2 Å². The number of fused-ring (bicyclic) bond motifs is 1. The number of aliphatic hydroxyl groups is 2. The Hall–Kier alpha value is -3.40. The average Bonchev–Trinajstić information content (AvgIpc) is 3.46. The summed E-state index contributed by atoms with van der Waals surface area (Å²) in [5, 5.41) is 24.5. The van der Waals surface area contributed by atoms with E-state index in [-0.39, 0.29) is 29.0 Å². The Morgan fingerprint density at radius 3 is 2.72 bits per heavy atom. The molecule has 0 amide bonds. The number of ether oxygens (including phenoxy) is 2. The molecule has 1 aliphatic heterocycles. The first kappa shape index (κ1) is 31.0. The molecule has 2 aliphatic rings. The van der Waals surface area contributed by atoms with Crippen LogP contribution in [0.5, 0.6) is 5.75 Å². The molecule has 1 saturated heterocycles. The lowest BCUT2D eigenvalue weighted by atomic mass is 9.95. The lowest BCUT2D eigenvalue weighted by Gasteiger charge is -2.29. The zero-order valence-corrected chi connectivity index (χ0v) is 24.4. The van der Waals surface area contributed by atoms with Crippen molar-refractivity contribution in [2.45, 2.75) is 81.9 Å². The van der Waals surface area contributed by atoms with Crippen molar-refractivity contribution in [1.82, 2.24) is 24.6 Å². The van der Waals surface area contributed by atoms with Crippen LogP contribution in [0.25, 0.3) is 11.2 Å². The second kappa shape index (κ2) is 11.9. The van der Waals surface area contributed by atoms with E-state index in [0.717, 1.165) is 49.9 Å². The summed E-state index contributed by atoms with van der Waals surface area (Å²) in [5.41, 5.74) is 2.30. The molecule has 3 aromatic rings. The molecule has 0 radical (unpaired) electrons. The monoisotopic (exact) mass is 624 g/mol. The van der Waals surface area contributed by atoms with E-state index in [1.165, 1.54) is 19.1 Å². The van der Waals surface area contributed by atoms with Crippen molar-refractivity contribution >= 4 is 30.8 Å². The maximum Gasteiger partial charge on any atom is 0.459 e. The highest BCUT2D eigenvalue weighted by Gasteiger charge is 2.64. The summed E-state index contributed by atoms with van der Waals surface area (Å²) in [6.45, 7) is 1.27. The van der Waals surface area contributed by atoms with Gasteiger partial charge < -0.3 is 29.9 Å². The Kier molecular flexibility index (Phi) is 8.62. The van der Waals surface area contributed by atoms with Gasteiger partial charge >= 0.3 is 13.7 Å². The van der Waals surface area contributed by atoms with Crippen molar-refractivity contribution in [1.29, 1.82) is 0 Å². The molecular weight excluding hydrogens is 590 g/mol. The first-order valence-electron chi connectivity index (χ1n) is 13.8. The lowest BCUT2D eigenvalue weighted by molar-refractivity contribution is -0.202. The topological polar surface area (TPSA) is 213 Å². The van der Waals surface area contributed by atoms with Crippen molar-refractivity contribution in [3.8, 4) is 5.75 Å². The Labute approximate surface area is 245 Å². The smallest absolute Gasteiger partial charge is 0.459 e. The number of aromatic nitrogens is 4. The molecule has 6 N–H and O–H groups in total. The second-order valence-corrected chi connectivity index (χ2v) is 12.6. The van der Waals surface area contributed by atoms with Gasteiger partial charge in [0, 0.05) is 0 Å². The van der Waals surface area contributed by atoms with E-state index >= 15 is 4.39 Å². The fraction of sp³-hybridized carbons (Fsp3) is 0.538. The van der Waals surface area contributed by atoms with Gasteiger partial charge in [0.15, 0.2) is 17.4 Å². The third-order valence-corrected chi connectivity index (χ3v) is 9.04. The molecule has 43 heavy (non-hydrogen) atoms. The highest BCUT2D eigenvalue weighted by Crippen LogP contribution is 2.50. The quantitative estimate of drug-likeness (QED) is 0.162. The fourth-order valence-corrected chi connectivity index (χ4v) is 6.63. The molecule has 6 atom stereocenters. The molecule has 17 heteroatoms. The van der Waals surface area contributed by atoms with E-state index < -0.39 is 55.7 Å². The van der Waals surface area contributed by atoms with Crippen LogP contribution in [0.3, 0.4) is 0 Å². The molecule has 2 fully saturated rings. The number of H-pyrrole nitrogens is 1. The predicted octanol–water partition coefficient (Wildman–Crippen LogP) is 2.07. The molecule has 15 nitrogen and oxygen atoms in total. The molecule has 0 spiro atoms. The summed E-state index contributed by atoms with van der Waals surface area (Å²) < 4.78 is 53.2. The Morgan fingerprint density at radius 1 is 1.33 bits per heavy atom. The maximum atomic E-state index is 16.3.